The number of allylic oxidation sites excluding steroid dienone is 1. The van der Waals surface area contributed by atoms with Gasteiger partial charge < -0.3 is 13.7 Å². The SMILES string of the molecule is C1=Cc2c(n(-c3ccccc3)c3cc(-c4ccc5c(c4)c4ccccc4n5-c4ccccc4)c4c(c5ccccc5n4-c4ccccc4)c23)CC1. The van der Waals surface area contributed by atoms with E-state index in [0.717, 1.165) is 18.5 Å². The first-order valence-corrected chi connectivity index (χ1v) is 17.8. The average Bonchev–Trinajstić information content (AvgIpc) is 3.84. The third-order valence-electron chi connectivity index (χ3n) is 10.9. The van der Waals surface area contributed by atoms with Gasteiger partial charge in [0.1, 0.15) is 0 Å². The maximum atomic E-state index is 2.53. The summed E-state index contributed by atoms with van der Waals surface area (Å²) in [4.78, 5) is 0. The van der Waals surface area contributed by atoms with Crippen LogP contribution in [0.15, 0.2) is 170 Å². The molecular weight excluding hydrogens is 619 g/mol. The lowest BCUT2D eigenvalue weighted by molar-refractivity contribution is 0.888. The Morgan fingerprint density at radius 3 is 1.69 bits per heavy atom. The fourth-order valence-corrected chi connectivity index (χ4v) is 8.79. The van der Waals surface area contributed by atoms with Gasteiger partial charge in [-0.3, -0.25) is 0 Å². The molecule has 10 aromatic rings. The van der Waals surface area contributed by atoms with E-state index in [1.165, 1.54) is 88.3 Å². The standard InChI is InChI=1S/C48H33N3/c1-4-16-33(17-5-1)49-41-25-13-10-22-36(41)40-30-32(28-29-44(40)49)39-31-45-46(37-23-11-14-26-42(37)50(45)34-18-6-2-7-19-34)47-38-24-12-15-27-43(38)51(48(39)47)35-20-8-3-9-21-35/h1-13,15-25,27-31H,14,26H2. The second-order valence-corrected chi connectivity index (χ2v) is 13.6. The molecule has 51 heavy (non-hydrogen) atoms. The zero-order valence-corrected chi connectivity index (χ0v) is 28.0. The summed E-state index contributed by atoms with van der Waals surface area (Å²) in [5.74, 6) is 0. The van der Waals surface area contributed by atoms with Gasteiger partial charge in [0, 0.05) is 60.8 Å². The van der Waals surface area contributed by atoms with Crippen molar-refractivity contribution in [1.82, 2.24) is 13.7 Å². The van der Waals surface area contributed by atoms with Gasteiger partial charge in [0.25, 0.3) is 0 Å². The molecular formula is C48H33N3. The fraction of sp³-hybridized carbons (Fsp3) is 0.0417. The molecule has 0 saturated heterocycles. The van der Waals surface area contributed by atoms with Crippen molar-refractivity contribution in [1.29, 1.82) is 0 Å². The molecule has 0 saturated carbocycles. The van der Waals surface area contributed by atoms with Crippen LogP contribution in [0.2, 0.25) is 0 Å². The van der Waals surface area contributed by atoms with Crippen molar-refractivity contribution in [3.8, 4) is 28.2 Å². The maximum absolute atomic E-state index is 2.53. The van der Waals surface area contributed by atoms with Gasteiger partial charge in [-0.1, -0.05) is 109 Å². The molecule has 0 fully saturated rings. The second kappa shape index (κ2) is 11.0. The number of aromatic nitrogens is 3. The summed E-state index contributed by atoms with van der Waals surface area (Å²) in [5.41, 5.74) is 14.8. The van der Waals surface area contributed by atoms with Crippen LogP contribution < -0.4 is 0 Å². The molecule has 3 nitrogen and oxygen atoms in total. The highest BCUT2D eigenvalue weighted by molar-refractivity contribution is 6.27. The van der Waals surface area contributed by atoms with Gasteiger partial charge in [-0.05, 0) is 85.1 Å². The number of benzene rings is 7. The molecule has 7 aromatic carbocycles. The molecule has 1 aliphatic carbocycles. The third-order valence-corrected chi connectivity index (χ3v) is 10.9. The van der Waals surface area contributed by atoms with Crippen molar-refractivity contribution in [2.45, 2.75) is 12.8 Å². The first kappa shape index (κ1) is 28.3. The van der Waals surface area contributed by atoms with Crippen LogP contribution in [-0.4, -0.2) is 13.7 Å². The van der Waals surface area contributed by atoms with E-state index in [0.29, 0.717) is 0 Å². The van der Waals surface area contributed by atoms with E-state index in [1.807, 2.05) is 0 Å². The van der Waals surface area contributed by atoms with Crippen molar-refractivity contribution >= 4 is 60.6 Å². The molecule has 0 unspecified atom stereocenters. The molecule has 11 rings (SSSR count). The molecule has 3 aromatic heterocycles. The van der Waals surface area contributed by atoms with E-state index >= 15 is 0 Å². The molecule has 0 atom stereocenters. The number of fused-ring (bicyclic) bond motifs is 10. The monoisotopic (exact) mass is 651 g/mol. The van der Waals surface area contributed by atoms with Gasteiger partial charge in [0.15, 0.2) is 0 Å². The highest BCUT2D eigenvalue weighted by atomic mass is 15.0. The number of hydrogen-bond acceptors (Lipinski definition) is 0. The largest absolute Gasteiger partial charge is 0.313 e. The van der Waals surface area contributed by atoms with Crippen molar-refractivity contribution in [2.24, 2.45) is 0 Å². The van der Waals surface area contributed by atoms with Crippen molar-refractivity contribution in [2.75, 3.05) is 0 Å². The number of hydrogen-bond donors (Lipinski definition) is 0. The highest BCUT2D eigenvalue weighted by Gasteiger charge is 2.27. The normalized spacial score (nSPS) is 12.9. The van der Waals surface area contributed by atoms with Crippen LogP contribution in [0.5, 0.6) is 0 Å². The summed E-state index contributed by atoms with van der Waals surface area (Å²) < 4.78 is 7.43. The van der Waals surface area contributed by atoms with Crippen LogP contribution in [0, 0.1) is 0 Å². The molecule has 0 amide bonds. The lowest BCUT2D eigenvalue weighted by Gasteiger charge is -2.15. The Bertz CT molecular complexity index is 2990. The summed E-state index contributed by atoms with van der Waals surface area (Å²) in [6.07, 6.45) is 6.77. The predicted octanol–water partition coefficient (Wildman–Crippen LogP) is 12.5. The Balaban J connectivity index is 1.33. The van der Waals surface area contributed by atoms with Gasteiger partial charge in [0.05, 0.1) is 27.6 Å². The van der Waals surface area contributed by atoms with E-state index in [-0.39, 0.29) is 0 Å². The zero-order chi connectivity index (χ0) is 33.5. The lowest BCUT2D eigenvalue weighted by Crippen LogP contribution is -2.02. The molecule has 3 heteroatoms. The summed E-state index contributed by atoms with van der Waals surface area (Å²) in [6.45, 7) is 0. The molecule has 0 spiro atoms. The Kier molecular flexibility index (Phi) is 6.08. The second-order valence-electron chi connectivity index (χ2n) is 13.6. The number of rotatable bonds is 4. The summed E-state index contributed by atoms with van der Waals surface area (Å²) in [5, 5.41) is 6.43. The van der Waals surface area contributed by atoms with Crippen molar-refractivity contribution < 1.29 is 0 Å². The number of nitrogens with zero attached hydrogens (tertiary/aromatic N) is 3. The molecule has 0 N–H and O–H groups in total. The summed E-state index contributed by atoms with van der Waals surface area (Å²) in [7, 11) is 0. The number of para-hydroxylation sites is 5. The predicted molar refractivity (Wildman–Crippen MR) is 215 cm³/mol. The van der Waals surface area contributed by atoms with Crippen LogP contribution in [0.25, 0.3) is 88.8 Å². The minimum atomic E-state index is 1.01. The Labute approximate surface area is 295 Å². The van der Waals surface area contributed by atoms with E-state index in [1.54, 1.807) is 0 Å². The lowest BCUT2D eigenvalue weighted by atomic mass is 9.94. The quantitative estimate of drug-likeness (QED) is 0.180. The van der Waals surface area contributed by atoms with Crippen LogP contribution in [0.1, 0.15) is 17.7 Å². The molecule has 0 radical (unpaired) electrons. The van der Waals surface area contributed by atoms with E-state index in [4.69, 9.17) is 0 Å². The molecule has 0 bridgehead atoms. The first-order valence-electron chi connectivity index (χ1n) is 17.8. The fourth-order valence-electron chi connectivity index (χ4n) is 8.79. The van der Waals surface area contributed by atoms with Gasteiger partial charge in [-0.15, -0.1) is 0 Å². The van der Waals surface area contributed by atoms with Gasteiger partial charge in [-0.25, -0.2) is 0 Å². The van der Waals surface area contributed by atoms with Gasteiger partial charge >= 0.3 is 0 Å². The molecule has 240 valence electrons. The Morgan fingerprint density at radius 2 is 0.980 bits per heavy atom. The maximum Gasteiger partial charge on any atom is 0.0627 e. The first-order chi connectivity index (χ1) is 25.3. The van der Waals surface area contributed by atoms with Crippen LogP contribution in [0.3, 0.4) is 0 Å². The highest BCUT2D eigenvalue weighted by Crippen LogP contribution is 2.47. The van der Waals surface area contributed by atoms with E-state index in [2.05, 4.69) is 190 Å². The summed E-state index contributed by atoms with van der Waals surface area (Å²) in [6, 6.07) is 59.9. The van der Waals surface area contributed by atoms with Gasteiger partial charge in [0.2, 0.25) is 0 Å². The molecule has 1 aliphatic rings. The third kappa shape index (κ3) is 4.06. The minimum absolute atomic E-state index is 1.01. The average molecular weight is 652 g/mol. The van der Waals surface area contributed by atoms with E-state index < -0.39 is 0 Å². The van der Waals surface area contributed by atoms with Crippen molar-refractivity contribution in [3.05, 3.63) is 181 Å². The van der Waals surface area contributed by atoms with E-state index in [9.17, 15) is 0 Å². The molecule has 3 heterocycles. The Hall–Kier alpha value is -6.58. The minimum Gasteiger partial charge on any atom is -0.313 e. The van der Waals surface area contributed by atoms with Crippen LogP contribution in [0.4, 0.5) is 0 Å². The smallest absolute Gasteiger partial charge is 0.0627 e. The molecule has 0 aliphatic heterocycles. The van der Waals surface area contributed by atoms with Gasteiger partial charge in [-0.2, -0.15) is 0 Å². The zero-order valence-electron chi connectivity index (χ0n) is 28.0. The Morgan fingerprint density at radius 1 is 0.412 bits per heavy atom. The van der Waals surface area contributed by atoms with Crippen molar-refractivity contribution in [3.63, 3.8) is 0 Å². The van der Waals surface area contributed by atoms with Crippen LogP contribution in [-0.2, 0) is 6.42 Å². The van der Waals surface area contributed by atoms with Crippen LogP contribution >= 0.6 is 0 Å². The summed E-state index contributed by atoms with van der Waals surface area (Å²) >= 11 is 0. The topological polar surface area (TPSA) is 14.8 Å².